The van der Waals surface area contributed by atoms with Crippen LogP contribution in [0.5, 0.6) is 11.5 Å². The number of ether oxygens (including phenoxy) is 3. The van der Waals surface area contributed by atoms with Gasteiger partial charge in [0, 0.05) is 20.3 Å². The van der Waals surface area contributed by atoms with Crippen LogP contribution < -0.4 is 9.47 Å². The monoisotopic (exact) mass is 553 g/mol. The van der Waals surface area contributed by atoms with Crippen molar-refractivity contribution in [3.8, 4) is 11.5 Å². The van der Waals surface area contributed by atoms with Crippen molar-refractivity contribution in [2.24, 2.45) is 0 Å². The normalized spacial score (nSPS) is 15.1. The maximum absolute atomic E-state index is 12.6. The first-order valence-corrected chi connectivity index (χ1v) is 11.6. The maximum atomic E-state index is 12.6. The van der Waals surface area contributed by atoms with E-state index in [1.54, 1.807) is 20.3 Å². The van der Waals surface area contributed by atoms with Gasteiger partial charge in [0.15, 0.2) is 11.5 Å². The molecule has 2 aromatic rings. The number of methoxy groups -OCH3 is 2. The molecule has 0 N–H and O–H groups in total. The zero-order chi connectivity index (χ0) is 22.4. The highest BCUT2D eigenvalue weighted by Gasteiger charge is 2.34. The van der Waals surface area contributed by atoms with Gasteiger partial charge < -0.3 is 14.2 Å². The Bertz CT molecular complexity index is 990. The highest BCUT2D eigenvalue weighted by atomic mass is 127. The lowest BCUT2D eigenvalue weighted by Gasteiger charge is -2.14. The number of halogens is 1. The van der Waals surface area contributed by atoms with Crippen LogP contribution in [0.15, 0.2) is 41.3 Å². The van der Waals surface area contributed by atoms with Crippen molar-refractivity contribution in [1.29, 1.82) is 0 Å². The summed E-state index contributed by atoms with van der Waals surface area (Å²) in [6.45, 7) is 3.32. The average Bonchev–Trinajstić information content (AvgIpc) is 3.01. The van der Waals surface area contributed by atoms with E-state index >= 15 is 0 Å². The van der Waals surface area contributed by atoms with Crippen molar-refractivity contribution in [3.05, 3.63) is 61.6 Å². The van der Waals surface area contributed by atoms with Gasteiger partial charge >= 0.3 is 0 Å². The first-order chi connectivity index (χ1) is 14.9. The molecule has 2 amide bonds. The number of imide groups is 1. The molecule has 31 heavy (non-hydrogen) atoms. The fraction of sp³-hybridized carbons (Fsp3) is 0.304. The summed E-state index contributed by atoms with van der Waals surface area (Å²) < 4.78 is 17.4. The van der Waals surface area contributed by atoms with Gasteiger partial charge in [-0.1, -0.05) is 29.8 Å². The summed E-state index contributed by atoms with van der Waals surface area (Å²) in [6.07, 6.45) is 2.33. The molecular weight excluding hydrogens is 529 g/mol. The summed E-state index contributed by atoms with van der Waals surface area (Å²) in [6, 6.07) is 11.9. The van der Waals surface area contributed by atoms with E-state index < -0.39 is 0 Å². The molecular formula is C23H24INO5S. The number of carbonyl (C=O) groups is 2. The average molecular weight is 553 g/mol. The third kappa shape index (κ3) is 6.02. The van der Waals surface area contributed by atoms with Gasteiger partial charge in [0.1, 0.15) is 6.61 Å². The van der Waals surface area contributed by atoms with Crippen LogP contribution in [0, 0.1) is 10.5 Å². The summed E-state index contributed by atoms with van der Waals surface area (Å²) in [5, 5.41) is -0.257. The van der Waals surface area contributed by atoms with Gasteiger partial charge in [0.2, 0.25) is 0 Å². The standard InChI is InChI=1S/C23H24INO5S/c1-15-5-7-16(8-6-15)14-30-21-18(24)11-17(12-19(21)29-3)13-20-22(26)25(23(27)31-20)9-4-10-28-2/h5-8,11-13H,4,9-10,14H2,1-3H3/b20-13+. The topological polar surface area (TPSA) is 65.1 Å². The van der Waals surface area contributed by atoms with E-state index in [0.717, 1.165) is 26.5 Å². The molecule has 0 bridgehead atoms. The molecule has 1 fully saturated rings. The molecule has 0 unspecified atom stereocenters. The fourth-order valence-corrected chi connectivity index (χ4v) is 4.66. The molecule has 0 atom stereocenters. The Morgan fingerprint density at radius 2 is 1.87 bits per heavy atom. The first kappa shape index (κ1) is 23.6. The molecule has 1 aliphatic heterocycles. The molecule has 0 saturated carbocycles. The summed E-state index contributed by atoms with van der Waals surface area (Å²) in [7, 11) is 3.18. The molecule has 1 saturated heterocycles. The van der Waals surface area contributed by atoms with Gasteiger partial charge in [-0.3, -0.25) is 14.5 Å². The number of nitrogens with zero attached hydrogens (tertiary/aromatic N) is 1. The SMILES string of the molecule is COCCCN1C(=O)S/C(=C/c2cc(I)c(OCc3ccc(C)cc3)c(OC)c2)C1=O. The molecule has 3 rings (SSSR count). The fourth-order valence-electron chi connectivity index (χ4n) is 3.01. The molecule has 0 aliphatic carbocycles. The molecule has 6 nitrogen and oxygen atoms in total. The largest absolute Gasteiger partial charge is 0.493 e. The van der Waals surface area contributed by atoms with Crippen molar-refractivity contribution < 1.29 is 23.8 Å². The molecule has 8 heteroatoms. The van der Waals surface area contributed by atoms with E-state index in [-0.39, 0.29) is 11.1 Å². The van der Waals surface area contributed by atoms with E-state index in [1.165, 1.54) is 10.5 Å². The second-order valence-corrected chi connectivity index (χ2v) is 9.14. The van der Waals surface area contributed by atoms with E-state index in [0.29, 0.717) is 42.6 Å². The number of hydrogen-bond acceptors (Lipinski definition) is 6. The molecule has 0 aromatic heterocycles. The number of thioether (sulfide) groups is 1. The maximum Gasteiger partial charge on any atom is 0.293 e. The van der Waals surface area contributed by atoms with Crippen LogP contribution in [0.25, 0.3) is 6.08 Å². The molecule has 164 valence electrons. The molecule has 2 aromatic carbocycles. The van der Waals surface area contributed by atoms with Crippen LogP contribution in [0.4, 0.5) is 4.79 Å². The predicted octanol–water partition coefficient (Wildman–Crippen LogP) is 5.26. The lowest BCUT2D eigenvalue weighted by atomic mass is 10.1. The van der Waals surface area contributed by atoms with Crippen LogP contribution >= 0.6 is 34.4 Å². The van der Waals surface area contributed by atoms with Gasteiger partial charge in [-0.15, -0.1) is 0 Å². The highest BCUT2D eigenvalue weighted by Crippen LogP contribution is 2.37. The van der Waals surface area contributed by atoms with Crippen molar-refractivity contribution in [2.45, 2.75) is 20.0 Å². The minimum atomic E-state index is -0.278. The second kappa shape index (κ2) is 11.0. The third-order valence-electron chi connectivity index (χ3n) is 4.66. The third-order valence-corrected chi connectivity index (χ3v) is 6.37. The van der Waals surface area contributed by atoms with Crippen molar-refractivity contribution in [1.82, 2.24) is 4.90 Å². The number of benzene rings is 2. The summed E-state index contributed by atoms with van der Waals surface area (Å²) >= 11 is 3.14. The van der Waals surface area contributed by atoms with Crippen LogP contribution in [0.3, 0.4) is 0 Å². The lowest BCUT2D eigenvalue weighted by molar-refractivity contribution is -0.122. The highest BCUT2D eigenvalue weighted by molar-refractivity contribution is 14.1. The molecule has 1 heterocycles. The summed E-state index contributed by atoms with van der Waals surface area (Å²) in [5.74, 6) is 0.942. The van der Waals surface area contributed by atoms with Gasteiger partial charge in [0.05, 0.1) is 15.6 Å². The minimum Gasteiger partial charge on any atom is -0.493 e. The van der Waals surface area contributed by atoms with Crippen LogP contribution in [0.1, 0.15) is 23.1 Å². The van der Waals surface area contributed by atoms with Crippen LogP contribution in [0.2, 0.25) is 0 Å². The number of aryl methyl sites for hydroxylation is 1. The predicted molar refractivity (Wildman–Crippen MR) is 130 cm³/mol. The van der Waals surface area contributed by atoms with Gasteiger partial charge in [-0.25, -0.2) is 0 Å². The Kier molecular flexibility index (Phi) is 8.39. The Morgan fingerprint density at radius 3 is 2.55 bits per heavy atom. The first-order valence-electron chi connectivity index (χ1n) is 9.73. The van der Waals surface area contributed by atoms with Gasteiger partial charge in [-0.2, -0.15) is 0 Å². The van der Waals surface area contributed by atoms with Gasteiger partial charge in [-0.05, 0) is 77.0 Å². The second-order valence-electron chi connectivity index (χ2n) is 6.99. The van der Waals surface area contributed by atoms with Crippen LogP contribution in [-0.2, 0) is 16.1 Å². The van der Waals surface area contributed by atoms with E-state index in [4.69, 9.17) is 14.2 Å². The molecule has 1 aliphatic rings. The quantitative estimate of drug-likeness (QED) is 0.240. The Balaban J connectivity index is 1.77. The van der Waals surface area contributed by atoms with E-state index in [9.17, 15) is 9.59 Å². The Morgan fingerprint density at radius 1 is 1.13 bits per heavy atom. The van der Waals surface area contributed by atoms with Crippen LogP contribution in [-0.4, -0.2) is 43.4 Å². The lowest BCUT2D eigenvalue weighted by Crippen LogP contribution is -2.29. The molecule has 0 spiro atoms. The Labute approximate surface area is 200 Å². The van der Waals surface area contributed by atoms with Crippen molar-refractivity contribution in [3.63, 3.8) is 0 Å². The number of hydrogen-bond donors (Lipinski definition) is 0. The Hall–Kier alpha value is -2.04. The smallest absolute Gasteiger partial charge is 0.293 e. The zero-order valence-electron chi connectivity index (χ0n) is 17.6. The van der Waals surface area contributed by atoms with Crippen molar-refractivity contribution in [2.75, 3.05) is 27.4 Å². The molecule has 0 radical (unpaired) electrons. The number of amides is 2. The zero-order valence-corrected chi connectivity index (χ0v) is 20.6. The van der Waals surface area contributed by atoms with E-state index in [1.807, 2.05) is 43.3 Å². The summed E-state index contributed by atoms with van der Waals surface area (Å²) in [5.41, 5.74) is 3.03. The minimum absolute atomic E-state index is 0.257. The number of rotatable bonds is 9. The summed E-state index contributed by atoms with van der Waals surface area (Å²) in [4.78, 5) is 26.5. The van der Waals surface area contributed by atoms with Gasteiger partial charge in [0.25, 0.3) is 11.1 Å². The van der Waals surface area contributed by atoms with Crippen molar-refractivity contribution >= 4 is 51.6 Å². The van der Waals surface area contributed by atoms with E-state index in [2.05, 4.69) is 22.6 Å². The number of carbonyl (C=O) groups excluding carboxylic acids is 2.